The molecule has 1 fully saturated rings. The number of Topliss-reactive ketones (excluding diaryl/α,β-unsaturated/α-hetero) is 3. The second-order valence-corrected chi connectivity index (χ2v) is 10.4. The Hall–Kier alpha value is -4.42. The number of ketones is 3. The van der Waals surface area contributed by atoms with Gasteiger partial charge in [0, 0.05) is 46.3 Å². The van der Waals surface area contributed by atoms with Crippen LogP contribution in [-0.2, 0) is 0 Å². The van der Waals surface area contributed by atoms with Crippen LogP contribution in [0.2, 0.25) is 5.02 Å². The van der Waals surface area contributed by atoms with E-state index in [1.54, 1.807) is 91.3 Å². The van der Waals surface area contributed by atoms with Crippen LogP contribution in [0.15, 0.2) is 97.3 Å². The van der Waals surface area contributed by atoms with Crippen molar-refractivity contribution < 1.29 is 18.8 Å². The van der Waals surface area contributed by atoms with Gasteiger partial charge in [-0.2, -0.15) is 0 Å². The molecule has 1 saturated heterocycles. The van der Waals surface area contributed by atoms with E-state index in [9.17, 15) is 18.8 Å². The van der Waals surface area contributed by atoms with E-state index in [0.29, 0.717) is 27.9 Å². The molecule has 7 rings (SSSR count). The molecule has 3 aromatic carbocycles. The summed E-state index contributed by atoms with van der Waals surface area (Å²) in [7, 11) is 0. The van der Waals surface area contributed by atoms with Crippen LogP contribution in [-0.4, -0.2) is 34.4 Å². The zero-order valence-corrected chi connectivity index (χ0v) is 21.2. The Kier molecular flexibility index (Phi) is 5.19. The van der Waals surface area contributed by atoms with Gasteiger partial charge in [0.05, 0.1) is 11.1 Å². The summed E-state index contributed by atoms with van der Waals surface area (Å²) < 4.78 is 14.3. The molecule has 0 radical (unpaired) electrons. The first-order valence-corrected chi connectivity index (χ1v) is 13.0. The highest BCUT2D eigenvalue weighted by atomic mass is 35.5. The first-order valence-electron chi connectivity index (χ1n) is 12.6. The fourth-order valence-electron chi connectivity index (χ4n) is 6.70. The van der Waals surface area contributed by atoms with Crippen LogP contribution in [0.1, 0.15) is 48.1 Å². The van der Waals surface area contributed by atoms with Gasteiger partial charge in [-0.15, -0.1) is 0 Å². The second kappa shape index (κ2) is 8.55. The van der Waals surface area contributed by atoms with E-state index in [-0.39, 0.29) is 27.9 Å². The topological polar surface area (TPSA) is 67.3 Å². The fraction of sp³-hybridized carbons (Fsp3) is 0.125. The monoisotopic (exact) mass is 534 g/mol. The predicted molar refractivity (Wildman–Crippen MR) is 146 cm³/mol. The van der Waals surface area contributed by atoms with Crippen molar-refractivity contribution in [3.8, 4) is 0 Å². The van der Waals surface area contributed by atoms with Gasteiger partial charge in [0.1, 0.15) is 17.3 Å². The summed E-state index contributed by atoms with van der Waals surface area (Å²) in [5, 5.41) is 0.268. The van der Waals surface area contributed by atoms with Crippen LogP contribution in [0.5, 0.6) is 0 Å². The number of pyridine rings is 1. The molecule has 0 saturated carbocycles. The van der Waals surface area contributed by atoms with E-state index in [4.69, 9.17) is 11.6 Å². The van der Waals surface area contributed by atoms with Crippen molar-refractivity contribution in [2.75, 3.05) is 4.90 Å². The molecular formula is C32H20ClFN2O3. The smallest absolute Gasteiger partial charge is 0.187 e. The SMILES string of the molecule is O=C(c1ccccc1Cl)[C@H]1[C@H](c2cccnc2)C2(C(=O)c3ccccc3C2=O)[C@@H]2C=Cc3cc(F)ccc3N21. The summed E-state index contributed by atoms with van der Waals surface area (Å²) in [6.45, 7) is 0. The van der Waals surface area contributed by atoms with Crippen molar-refractivity contribution in [2.45, 2.75) is 18.0 Å². The third kappa shape index (κ3) is 3.12. The maximum Gasteiger partial charge on any atom is 0.187 e. The lowest BCUT2D eigenvalue weighted by Gasteiger charge is -2.37. The number of rotatable bonds is 3. The van der Waals surface area contributed by atoms with E-state index in [1.165, 1.54) is 12.1 Å². The lowest BCUT2D eigenvalue weighted by Crippen LogP contribution is -2.48. The highest BCUT2D eigenvalue weighted by Crippen LogP contribution is 2.61. The Labute approximate surface area is 228 Å². The molecule has 0 amide bonds. The average molecular weight is 535 g/mol. The van der Waals surface area contributed by atoms with Crippen molar-refractivity contribution in [1.29, 1.82) is 0 Å². The van der Waals surface area contributed by atoms with Crippen LogP contribution in [0.25, 0.3) is 6.08 Å². The molecule has 2 aliphatic heterocycles. The number of hydrogen-bond donors (Lipinski definition) is 0. The molecular weight excluding hydrogens is 515 g/mol. The molecule has 3 aliphatic rings. The molecule has 4 aromatic rings. The first-order chi connectivity index (χ1) is 18.9. The number of nitrogens with zero attached hydrogens (tertiary/aromatic N) is 2. The van der Waals surface area contributed by atoms with Gasteiger partial charge in [-0.1, -0.05) is 66.2 Å². The molecule has 0 N–H and O–H groups in total. The van der Waals surface area contributed by atoms with Gasteiger partial charge in [0.25, 0.3) is 0 Å². The summed E-state index contributed by atoms with van der Waals surface area (Å²) in [6.07, 6.45) is 6.70. The largest absolute Gasteiger partial charge is 0.352 e. The Bertz CT molecular complexity index is 1700. The number of carbonyl (C=O) groups is 3. The highest BCUT2D eigenvalue weighted by molar-refractivity contribution is 6.35. The molecule has 0 bridgehead atoms. The lowest BCUT2D eigenvalue weighted by molar-refractivity contribution is 0.0666. The summed E-state index contributed by atoms with van der Waals surface area (Å²) in [5.41, 5.74) is 1.02. The van der Waals surface area contributed by atoms with Crippen molar-refractivity contribution in [3.63, 3.8) is 0 Å². The van der Waals surface area contributed by atoms with Crippen molar-refractivity contribution in [2.24, 2.45) is 5.41 Å². The normalized spacial score (nSPS) is 22.1. The number of anilines is 1. The van der Waals surface area contributed by atoms with Crippen molar-refractivity contribution in [1.82, 2.24) is 4.98 Å². The van der Waals surface area contributed by atoms with E-state index < -0.39 is 29.2 Å². The minimum atomic E-state index is -1.64. The molecule has 39 heavy (non-hydrogen) atoms. The Morgan fingerprint density at radius 1 is 0.923 bits per heavy atom. The van der Waals surface area contributed by atoms with Gasteiger partial charge < -0.3 is 4.90 Å². The molecule has 1 aliphatic carbocycles. The van der Waals surface area contributed by atoms with Gasteiger partial charge >= 0.3 is 0 Å². The quantitative estimate of drug-likeness (QED) is 0.231. The molecule has 3 atom stereocenters. The summed E-state index contributed by atoms with van der Waals surface area (Å²) in [6, 6.07) is 19.6. The molecule has 5 nitrogen and oxygen atoms in total. The van der Waals surface area contributed by atoms with Gasteiger partial charge in [-0.25, -0.2) is 4.39 Å². The Morgan fingerprint density at radius 3 is 2.33 bits per heavy atom. The van der Waals surface area contributed by atoms with Gasteiger partial charge in [0.2, 0.25) is 0 Å². The van der Waals surface area contributed by atoms with E-state index in [1.807, 2.05) is 4.90 Å². The van der Waals surface area contributed by atoms with Crippen LogP contribution in [0, 0.1) is 11.2 Å². The number of benzene rings is 3. The van der Waals surface area contributed by atoms with Gasteiger partial charge in [-0.3, -0.25) is 19.4 Å². The fourth-order valence-corrected chi connectivity index (χ4v) is 6.93. The molecule has 1 aromatic heterocycles. The van der Waals surface area contributed by atoms with Crippen LogP contribution >= 0.6 is 11.6 Å². The van der Waals surface area contributed by atoms with Crippen LogP contribution in [0.4, 0.5) is 10.1 Å². The summed E-state index contributed by atoms with van der Waals surface area (Å²) >= 11 is 6.52. The Morgan fingerprint density at radius 2 is 1.64 bits per heavy atom. The van der Waals surface area contributed by atoms with E-state index in [0.717, 1.165) is 0 Å². The summed E-state index contributed by atoms with van der Waals surface area (Å²) in [5.74, 6) is -2.33. The van der Waals surface area contributed by atoms with Crippen molar-refractivity contribution >= 4 is 40.7 Å². The minimum Gasteiger partial charge on any atom is -0.352 e. The lowest BCUT2D eigenvalue weighted by atomic mass is 9.64. The van der Waals surface area contributed by atoms with Crippen LogP contribution < -0.4 is 4.90 Å². The second-order valence-electron chi connectivity index (χ2n) is 10.0. The Balaban J connectivity index is 1.56. The highest BCUT2D eigenvalue weighted by Gasteiger charge is 2.71. The first kappa shape index (κ1) is 23.7. The van der Waals surface area contributed by atoms with Crippen molar-refractivity contribution in [3.05, 3.63) is 136 Å². The van der Waals surface area contributed by atoms with Gasteiger partial charge in [0.15, 0.2) is 17.3 Å². The van der Waals surface area contributed by atoms with E-state index >= 15 is 0 Å². The predicted octanol–water partition coefficient (Wildman–Crippen LogP) is 6.19. The zero-order valence-electron chi connectivity index (χ0n) is 20.4. The molecule has 0 unspecified atom stereocenters. The third-order valence-electron chi connectivity index (χ3n) is 8.22. The molecule has 190 valence electrons. The number of aromatic nitrogens is 1. The molecule has 3 heterocycles. The van der Waals surface area contributed by atoms with Gasteiger partial charge in [-0.05, 0) is 42.0 Å². The number of halogens is 2. The molecule has 7 heteroatoms. The number of carbonyl (C=O) groups excluding carboxylic acids is 3. The van der Waals surface area contributed by atoms with E-state index in [2.05, 4.69) is 4.98 Å². The average Bonchev–Trinajstić information content (AvgIpc) is 3.39. The maximum absolute atomic E-state index is 14.5. The minimum absolute atomic E-state index is 0.268. The molecule has 1 spiro atoms. The number of hydrogen-bond acceptors (Lipinski definition) is 5. The summed E-state index contributed by atoms with van der Waals surface area (Å²) in [4.78, 5) is 49.7. The zero-order chi connectivity index (χ0) is 26.9. The number of fused-ring (bicyclic) bond motifs is 5. The standard InChI is InChI=1S/C32H20ClFN2O3/c33-24-10-4-3-9-23(24)29(37)28-27(19-6-5-15-35-17-19)32(30(38)21-7-1-2-8-22(21)31(32)39)26-14-11-18-16-20(34)12-13-25(18)36(26)28/h1-17,26-28H/t26-,27-,28+/m0/s1. The maximum atomic E-state index is 14.5. The third-order valence-corrected chi connectivity index (χ3v) is 8.55. The van der Waals surface area contributed by atoms with Crippen LogP contribution in [0.3, 0.4) is 0 Å².